The van der Waals surface area contributed by atoms with Crippen molar-refractivity contribution in [2.75, 3.05) is 26.4 Å². The number of rotatable bonds is 10. The summed E-state index contributed by atoms with van der Waals surface area (Å²) in [6.07, 6.45) is -20.8. The third-order valence-electron chi connectivity index (χ3n) is 7.49. The van der Waals surface area contributed by atoms with Crippen molar-refractivity contribution >= 4 is 0 Å². The summed E-state index contributed by atoms with van der Waals surface area (Å²) in [5, 5.41) is 75.8. The van der Waals surface area contributed by atoms with Crippen molar-refractivity contribution in [1.29, 1.82) is 0 Å². The first kappa shape index (κ1) is 64.4. The molecule has 18 nitrogen and oxygen atoms in total. The average molecular weight is 2200 g/mol. The first-order valence-electron chi connectivity index (χ1n) is 13.8. The van der Waals surface area contributed by atoms with Crippen LogP contribution in [-0.2, 0) is 37.9 Å². The monoisotopic (exact) mass is 2200 g/mol. The van der Waals surface area contributed by atoms with Crippen LogP contribution in [0.3, 0.4) is 0 Å². The second-order valence-electron chi connectivity index (χ2n) is 11.1. The number of aliphatic hydroxyl groups excluding tert-OH is 7. The van der Waals surface area contributed by atoms with Gasteiger partial charge in [0, 0.05) is 313 Å². The molecule has 0 aromatic carbocycles. The molecule has 0 spiro atoms. The van der Waals surface area contributed by atoms with Crippen molar-refractivity contribution in [2.24, 2.45) is 11.0 Å². The van der Waals surface area contributed by atoms with Gasteiger partial charge in [0.1, 0.15) is 73.2 Å². The molecule has 4 rings (SSSR count). The molecule has 0 amide bonds. The molecule has 0 bridgehead atoms. The van der Waals surface area contributed by atoms with Crippen LogP contribution in [0, 0.1) is 314 Å². The van der Waals surface area contributed by atoms with Gasteiger partial charge in [0.25, 0.3) is 0 Å². The third-order valence-corrected chi connectivity index (χ3v) is 7.49. The molecular weight excluding hydrogens is 2160 g/mol. The van der Waals surface area contributed by atoms with Crippen molar-refractivity contribution in [1.82, 2.24) is 0 Å². The minimum Gasteiger partial charge on any atom is -0.394 e. The normalized spacial score (nSPS) is 41.1. The summed E-state index contributed by atoms with van der Waals surface area (Å²) in [6, 6.07) is -1.12. The summed E-state index contributed by atoms with van der Waals surface area (Å²) in [7, 11) is 0. The van der Waals surface area contributed by atoms with E-state index < -0.39 is 112 Å². The topological polar surface area (TPSA) is 264 Å². The number of hydrogen-bond acceptors (Lipinski definition) is 16. The molecule has 4 aliphatic heterocycles. The molecule has 7 radical (unpaired) electrons. The van der Waals surface area contributed by atoms with Crippen LogP contribution in [0.2, 0.25) is 0 Å². The van der Waals surface area contributed by atoms with Gasteiger partial charge in [0.2, 0.25) is 0 Å². The number of aliphatic hydroxyl groups is 7. The van der Waals surface area contributed by atoms with E-state index in [2.05, 4.69) is 10.0 Å². The summed E-state index contributed by atoms with van der Waals surface area (Å²) < 4.78 is 46.1. The first-order valence-corrected chi connectivity index (χ1v) is 13.8. The molecule has 4 aliphatic rings. The number of nitrogens with zero attached hydrogens (tertiary/aromatic N) is 3. The maximum absolute atomic E-state index is 11.0. The van der Waals surface area contributed by atoms with Gasteiger partial charge in [-0.1, -0.05) is 19.0 Å². The van der Waals surface area contributed by atoms with Gasteiger partial charge in [-0.15, -0.1) is 0 Å². The molecule has 4 fully saturated rings. The molecular formula is C24H41Ac7N3O15. The van der Waals surface area contributed by atoms with Crippen LogP contribution in [0.5, 0.6) is 0 Å². The predicted molar refractivity (Wildman–Crippen MR) is 134 cm³/mol. The van der Waals surface area contributed by atoms with Crippen molar-refractivity contribution in [3.63, 3.8) is 0 Å². The van der Waals surface area contributed by atoms with E-state index in [4.69, 9.17) is 37.9 Å². The van der Waals surface area contributed by atoms with Crippen molar-refractivity contribution < 1.29 is 382 Å². The van der Waals surface area contributed by atoms with Gasteiger partial charge in [0.05, 0.1) is 26.4 Å². The second kappa shape index (κ2) is 32.5. The van der Waals surface area contributed by atoms with Crippen LogP contribution in [0.15, 0.2) is 5.11 Å². The standard InChI is InChI=1S/C24H41N3O15.7Ac/c1-8(2)6-36-22-13(26-27-25)21(20-12(40-22)7-35-9(3)37-20)42-24-18(34)16(32)19(11(5-29)39-24)41-23-17(33)15(31)14(30)10(4-28)38-23;;;;;;;/h8-24,28-34H,4-7H2,1-3H3;;;;;;;. The Morgan fingerprint density at radius 1 is 0.714 bits per heavy atom. The number of fused-ring (bicyclic) bond motifs is 1. The van der Waals surface area contributed by atoms with E-state index in [1.54, 1.807) is 6.92 Å². The minimum atomic E-state index is -1.82. The fourth-order valence-corrected chi connectivity index (χ4v) is 5.27. The van der Waals surface area contributed by atoms with Crippen molar-refractivity contribution in [3.8, 4) is 0 Å². The Bertz CT molecular complexity index is 939. The van der Waals surface area contributed by atoms with Crippen LogP contribution in [0.4, 0.5) is 0 Å². The SMILES string of the molecule is CC(C)COC1OC2COC(C)OC2C(OC2OC(CO)C(OC3OC(CO)C(O)C(O)C3O)C(O)C2O)C1N=[N+]=[N-].[Ac].[Ac].[Ac].[Ac].[Ac].[Ac].[Ac]. The zero-order chi connectivity index (χ0) is 30.7. The molecule has 4 heterocycles. The fraction of sp³-hybridized carbons (Fsp3) is 1.00. The third kappa shape index (κ3) is 17.8. The average Bonchev–Trinajstić information content (AvgIpc) is 2.96. The van der Waals surface area contributed by atoms with Gasteiger partial charge >= 0.3 is 0 Å². The summed E-state index contributed by atoms with van der Waals surface area (Å²) in [6.45, 7) is 4.37. The molecule has 25 heteroatoms. The molecule has 0 saturated carbocycles. The zero-order valence-corrected chi connectivity index (χ0v) is 60.6. The van der Waals surface area contributed by atoms with E-state index in [1.165, 1.54) is 0 Å². The molecule has 16 unspecified atom stereocenters. The molecule has 16 atom stereocenters. The van der Waals surface area contributed by atoms with Crippen LogP contribution in [-0.4, -0.2) is 161 Å². The number of ether oxygens (including phenoxy) is 8. The molecule has 0 aromatic heterocycles. The Kier molecular flexibility index (Phi) is 42.7. The molecule has 7 N–H and O–H groups in total. The quantitative estimate of drug-likeness (QED) is 0.0647. The van der Waals surface area contributed by atoms with Crippen LogP contribution in [0.1, 0.15) is 20.8 Å². The van der Waals surface area contributed by atoms with E-state index >= 15 is 0 Å². The van der Waals surface area contributed by atoms with Gasteiger partial charge in [-0.25, -0.2) is 0 Å². The molecule has 263 valence electrons. The van der Waals surface area contributed by atoms with Gasteiger partial charge in [0.15, 0.2) is 25.2 Å². The molecule has 0 aliphatic carbocycles. The minimum absolute atomic E-state index is 0. The van der Waals surface area contributed by atoms with Gasteiger partial charge in [-0.3, -0.25) is 0 Å². The predicted octanol–water partition coefficient (Wildman–Crippen LogP) is -3.17. The van der Waals surface area contributed by atoms with E-state index in [0.717, 1.165) is 0 Å². The summed E-state index contributed by atoms with van der Waals surface area (Å²) in [5.74, 6) is 0.112. The maximum atomic E-state index is 11.0. The van der Waals surface area contributed by atoms with Crippen LogP contribution in [0.25, 0.3) is 10.4 Å². The van der Waals surface area contributed by atoms with Gasteiger partial charge in [-0.05, 0) is 18.4 Å². The smallest absolute Gasteiger partial charge is 0.187 e. The van der Waals surface area contributed by atoms with Crippen molar-refractivity contribution in [3.05, 3.63) is 10.4 Å². The zero-order valence-electron chi connectivity index (χ0n) is 27.4. The van der Waals surface area contributed by atoms with E-state index in [1.807, 2.05) is 13.8 Å². The summed E-state index contributed by atoms with van der Waals surface area (Å²) in [4.78, 5) is 2.90. The van der Waals surface area contributed by atoms with E-state index in [-0.39, 0.29) is 328 Å². The molecule has 49 heavy (non-hydrogen) atoms. The van der Waals surface area contributed by atoms with Crippen LogP contribution < -0.4 is 0 Å². The summed E-state index contributed by atoms with van der Waals surface area (Å²) >= 11 is 0. The van der Waals surface area contributed by atoms with Crippen LogP contribution >= 0.6 is 0 Å². The Labute approximate surface area is 535 Å². The van der Waals surface area contributed by atoms with Gasteiger partial charge < -0.3 is 73.6 Å². The second-order valence-corrected chi connectivity index (χ2v) is 11.1. The molecule has 4 saturated heterocycles. The van der Waals surface area contributed by atoms with Gasteiger partial charge in [-0.2, -0.15) is 0 Å². The van der Waals surface area contributed by atoms with E-state index in [9.17, 15) is 41.3 Å². The summed E-state index contributed by atoms with van der Waals surface area (Å²) in [5.41, 5.74) is 9.32. The Balaban J connectivity index is -0.00000145. The Hall–Kier alpha value is 8.80. The van der Waals surface area contributed by atoms with Crippen molar-refractivity contribution in [2.45, 2.75) is 119 Å². The number of hydrogen-bond donors (Lipinski definition) is 7. The van der Waals surface area contributed by atoms with E-state index in [0.29, 0.717) is 0 Å². The Morgan fingerprint density at radius 3 is 1.78 bits per heavy atom. The maximum Gasteiger partial charge on any atom is 0.187 e. The molecule has 0 aromatic rings. The fourth-order valence-electron chi connectivity index (χ4n) is 5.27. The first-order chi connectivity index (χ1) is 20.0. The number of azide groups is 1. The largest absolute Gasteiger partial charge is 0.394 e. The Morgan fingerprint density at radius 2 is 1.24 bits per heavy atom.